The Labute approximate surface area is 117 Å². The molecule has 5 heteroatoms. The fourth-order valence-electron chi connectivity index (χ4n) is 1.54. The van der Waals surface area contributed by atoms with Crippen molar-refractivity contribution in [2.24, 2.45) is 5.73 Å². The molecule has 0 aliphatic rings. The van der Waals surface area contributed by atoms with Gasteiger partial charge in [0, 0.05) is 17.3 Å². The third kappa shape index (κ3) is 3.28. The monoisotopic (exact) mass is 333 g/mol. The molecule has 2 aromatic rings. The first-order valence-electron chi connectivity index (χ1n) is 5.01. The van der Waals surface area contributed by atoms with E-state index in [9.17, 15) is 4.39 Å². The highest BCUT2D eigenvalue weighted by atomic mass is 79.9. The van der Waals surface area contributed by atoms with Gasteiger partial charge in [0.2, 0.25) is 0 Å². The van der Waals surface area contributed by atoms with Crippen LogP contribution < -0.4 is 5.73 Å². The normalized spacial score (nSPS) is 12.7. The number of rotatable bonds is 3. The van der Waals surface area contributed by atoms with Gasteiger partial charge < -0.3 is 5.73 Å². The quantitative estimate of drug-likeness (QED) is 0.876. The minimum atomic E-state index is -0.415. The summed E-state index contributed by atoms with van der Waals surface area (Å²) in [4.78, 5) is 1.19. The summed E-state index contributed by atoms with van der Waals surface area (Å²) < 4.78 is 14.1. The predicted molar refractivity (Wildman–Crippen MR) is 74.1 cm³/mol. The number of hydrogen-bond acceptors (Lipinski definition) is 2. The summed E-state index contributed by atoms with van der Waals surface area (Å²) in [5.74, 6) is -0.415. The number of benzene rings is 1. The van der Waals surface area contributed by atoms with E-state index >= 15 is 0 Å². The lowest BCUT2D eigenvalue weighted by Gasteiger charge is -2.11. The molecule has 0 aliphatic heterocycles. The fraction of sp³-hybridized carbons (Fsp3) is 0.167. The van der Waals surface area contributed by atoms with Crippen molar-refractivity contribution in [2.45, 2.75) is 12.5 Å². The maximum atomic E-state index is 13.0. The van der Waals surface area contributed by atoms with Crippen molar-refractivity contribution < 1.29 is 4.39 Å². The van der Waals surface area contributed by atoms with Gasteiger partial charge in [-0.1, -0.05) is 17.7 Å². The van der Waals surface area contributed by atoms with E-state index in [0.717, 1.165) is 15.8 Å². The zero-order valence-corrected chi connectivity index (χ0v) is 11.9. The maximum absolute atomic E-state index is 13.0. The molecule has 17 heavy (non-hydrogen) atoms. The van der Waals surface area contributed by atoms with Gasteiger partial charge in [0.05, 0.1) is 8.81 Å². The predicted octanol–water partition coefficient (Wildman–Crippen LogP) is 4.55. The molecule has 2 rings (SSSR count). The van der Waals surface area contributed by atoms with E-state index < -0.39 is 5.82 Å². The van der Waals surface area contributed by atoms with E-state index in [1.165, 1.54) is 10.9 Å². The van der Waals surface area contributed by atoms with Crippen LogP contribution in [0.1, 0.15) is 16.5 Å². The van der Waals surface area contributed by atoms with Crippen LogP contribution in [-0.4, -0.2) is 0 Å². The summed E-state index contributed by atoms with van der Waals surface area (Å²) in [5.41, 5.74) is 6.91. The molecule has 0 spiro atoms. The van der Waals surface area contributed by atoms with Gasteiger partial charge in [0.1, 0.15) is 5.82 Å². The van der Waals surface area contributed by atoms with Crippen molar-refractivity contribution in [3.8, 4) is 0 Å². The Kier molecular flexibility index (Phi) is 4.20. The van der Waals surface area contributed by atoms with Crippen LogP contribution in [0.5, 0.6) is 0 Å². The van der Waals surface area contributed by atoms with Crippen molar-refractivity contribution in [1.82, 2.24) is 0 Å². The third-order valence-corrected chi connectivity index (χ3v) is 4.36. The first kappa shape index (κ1) is 13.0. The molecule has 1 atom stereocenters. The second-order valence-electron chi connectivity index (χ2n) is 3.69. The van der Waals surface area contributed by atoms with Gasteiger partial charge in [0.25, 0.3) is 0 Å². The highest BCUT2D eigenvalue weighted by Crippen LogP contribution is 2.27. The average Bonchev–Trinajstić information content (AvgIpc) is 2.68. The van der Waals surface area contributed by atoms with E-state index in [1.807, 2.05) is 12.1 Å². The maximum Gasteiger partial charge on any atom is 0.141 e. The van der Waals surface area contributed by atoms with Crippen LogP contribution in [0, 0.1) is 5.82 Å². The smallest absolute Gasteiger partial charge is 0.141 e. The molecule has 0 aliphatic carbocycles. The number of halogens is 3. The van der Waals surface area contributed by atoms with E-state index in [1.54, 1.807) is 23.5 Å². The van der Waals surface area contributed by atoms with Gasteiger partial charge in [-0.3, -0.25) is 0 Å². The molecule has 0 amide bonds. The molecule has 1 aromatic heterocycles. The van der Waals surface area contributed by atoms with Crippen molar-refractivity contribution in [3.05, 3.63) is 55.4 Å². The Morgan fingerprint density at radius 1 is 1.35 bits per heavy atom. The SMILES string of the molecule is NC(Cc1ccc(Br)s1)c1ccc(F)c(Cl)c1. The standard InChI is InChI=1S/C12H10BrClFNS/c13-12-4-2-8(17-12)6-11(16)7-1-3-10(15)9(14)5-7/h1-5,11H,6,16H2. The highest BCUT2D eigenvalue weighted by molar-refractivity contribution is 9.11. The van der Waals surface area contributed by atoms with Gasteiger partial charge in [-0.25, -0.2) is 4.39 Å². The van der Waals surface area contributed by atoms with Crippen molar-refractivity contribution in [2.75, 3.05) is 0 Å². The van der Waals surface area contributed by atoms with Crippen molar-refractivity contribution in [3.63, 3.8) is 0 Å². The second-order valence-corrected chi connectivity index (χ2v) is 6.64. The minimum Gasteiger partial charge on any atom is -0.324 e. The van der Waals surface area contributed by atoms with E-state index in [-0.39, 0.29) is 11.1 Å². The van der Waals surface area contributed by atoms with Crippen molar-refractivity contribution in [1.29, 1.82) is 0 Å². The van der Waals surface area contributed by atoms with Gasteiger partial charge >= 0.3 is 0 Å². The molecule has 1 heterocycles. The number of nitrogens with two attached hydrogens (primary N) is 1. The van der Waals surface area contributed by atoms with Crippen LogP contribution in [0.3, 0.4) is 0 Å². The summed E-state index contributed by atoms with van der Waals surface area (Å²) in [7, 11) is 0. The zero-order valence-electron chi connectivity index (χ0n) is 8.79. The Morgan fingerprint density at radius 3 is 2.71 bits per heavy atom. The summed E-state index contributed by atoms with van der Waals surface area (Å²) >= 11 is 10.8. The second kappa shape index (κ2) is 5.48. The highest BCUT2D eigenvalue weighted by Gasteiger charge is 2.10. The summed E-state index contributed by atoms with van der Waals surface area (Å²) in [5, 5.41) is 0.116. The molecule has 0 saturated heterocycles. The first-order valence-corrected chi connectivity index (χ1v) is 7.00. The Morgan fingerprint density at radius 2 is 2.12 bits per heavy atom. The fourth-order valence-corrected chi connectivity index (χ4v) is 3.27. The van der Waals surface area contributed by atoms with E-state index in [4.69, 9.17) is 17.3 Å². The molecule has 1 unspecified atom stereocenters. The van der Waals surface area contributed by atoms with Crippen LogP contribution in [0.15, 0.2) is 34.1 Å². The van der Waals surface area contributed by atoms with Crippen LogP contribution in [0.4, 0.5) is 4.39 Å². The van der Waals surface area contributed by atoms with Crippen LogP contribution in [0.25, 0.3) is 0 Å². The Bertz CT molecular complexity index is 529. The van der Waals surface area contributed by atoms with Crippen LogP contribution in [-0.2, 0) is 6.42 Å². The molecule has 2 N–H and O–H groups in total. The molecule has 0 radical (unpaired) electrons. The molecule has 0 bridgehead atoms. The molecular formula is C12H10BrClFNS. The molecule has 0 fully saturated rings. The molecular weight excluding hydrogens is 325 g/mol. The number of thiophene rings is 1. The van der Waals surface area contributed by atoms with Gasteiger partial charge in [-0.05, 0) is 45.8 Å². The van der Waals surface area contributed by atoms with Gasteiger partial charge in [-0.15, -0.1) is 11.3 Å². The zero-order chi connectivity index (χ0) is 12.4. The van der Waals surface area contributed by atoms with Crippen LogP contribution in [0.2, 0.25) is 5.02 Å². The summed E-state index contributed by atoms with van der Waals surface area (Å²) in [6, 6.07) is 8.46. The van der Waals surface area contributed by atoms with Crippen LogP contribution >= 0.6 is 38.9 Å². The van der Waals surface area contributed by atoms with Crippen molar-refractivity contribution >= 4 is 38.9 Å². The average molecular weight is 335 g/mol. The lowest BCUT2D eigenvalue weighted by atomic mass is 10.0. The Balaban J connectivity index is 2.14. The van der Waals surface area contributed by atoms with Gasteiger partial charge in [-0.2, -0.15) is 0 Å². The van der Waals surface area contributed by atoms with E-state index in [2.05, 4.69) is 15.9 Å². The minimum absolute atomic E-state index is 0.116. The molecule has 1 nitrogen and oxygen atoms in total. The molecule has 90 valence electrons. The molecule has 1 aromatic carbocycles. The Hall–Kier alpha value is -0.420. The topological polar surface area (TPSA) is 26.0 Å². The lowest BCUT2D eigenvalue weighted by Crippen LogP contribution is -2.12. The number of hydrogen-bond donors (Lipinski definition) is 1. The van der Waals surface area contributed by atoms with Gasteiger partial charge in [0.15, 0.2) is 0 Å². The third-order valence-electron chi connectivity index (χ3n) is 2.42. The summed E-state index contributed by atoms with van der Waals surface area (Å²) in [6.45, 7) is 0. The van der Waals surface area contributed by atoms with E-state index in [0.29, 0.717) is 0 Å². The largest absolute Gasteiger partial charge is 0.324 e. The molecule has 0 saturated carbocycles. The lowest BCUT2D eigenvalue weighted by molar-refractivity contribution is 0.625. The summed E-state index contributed by atoms with van der Waals surface area (Å²) in [6.07, 6.45) is 0.720. The first-order chi connectivity index (χ1) is 8.06.